The smallest absolute Gasteiger partial charge is 0.339 e. The summed E-state index contributed by atoms with van der Waals surface area (Å²) in [5.41, 5.74) is 2.52. The van der Waals surface area contributed by atoms with Crippen LogP contribution in [0, 0.1) is 13.8 Å². The summed E-state index contributed by atoms with van der Waals surface area (Å²) in [5, 5.41) is 4.67. The van der Waals surface area contributed by atoms with Gasteiger partial charge in [-0.05, 0) is 32.4 Å². The summed E-state index contributed by atoms with van der Waals surface area (Å²) < 4.78 is 5.47. The van der Waals surface area contributed by atoms with Gasteiger partial charge in [0.25, 0.3) is 5.91 Å². The van der Waals surface area contributed by atoms with Gasteiger partial charge in [0, 0.05) is 12.1 Å². The predicted octanol–water partition coefficient (Wildman–Crippen LogP) is 3.05. The molecule has 0 saturated heterocycles. The standard InChI is InChI=1S/C20H22N2O4/c1-4-21-20(25)22-18(23)17(15-8-6-5-7-9-15)26-19(24)16-12-13(2)10-11-14(16)3/h5-12,17H,4H2,1-3H3,(H2,21,22,23,25)/t17-/m0/s1. The lowest BCUT2D eigenvalue weighted by Crippen LogP contribution is -2.42. The van der Waals surface area contributed by atoms with Gasteiger partial charge >= 0.3 is 12.0 Å². The second-order valence-corrected chi connectivity index (χ2v) is 5.86. The Balaban J connectivity index is 2.27. The van der Waals surface area contributed by atoms with Crippen molar-refractivity contribution in [3.05, 3.63) is 70.8 Å². The van der Waals surface area contributed by atoms with Gasteiger partial charge in [-0.25, -0.2) is 9.59 Å². The first-order valence-electron chi connectivity index (χ1n) is 8.34. The topological polar surface area (TPSA) is 84.5 Å². The van der Waals surface area contributed by atoms with Crippen molar-refractivity contribution in [2.45, 2.75) is 26.9 Å². The number of hydrogen-bond donors (Lipinski definition) is 2. The molecule has 1 atom stereocenters. The Morgan fingerprint density at radius 3 is 2.38 bits per heavy atom. The molecule has 0 aromatic heterocycles. The molecule has 0 fully saturated rings. The van der Waals surface area contributed by atoms with E-state index < -0.39 is 24.0 Å². The maximum Gasteiger partial charge on any atom is 0.339 e. The molecule has 6 nitrogen and oxygen atoms in total. The Morgan fingerprint density at radius 1 is 1.04 bits per heavy atom. The van der Waals surface area contributed by atoms with Crippen molar-refractivity contribution < 1.29 is 19.1 Å². The third kappa shape index (κ3) is 4.92. The summed E-state index contributed by atoms with van der Waals surface area (Å²) in [6.07, 6.45) is -1.23. The van der Waals surface area contributed by atoms with Crippen LogP contribution in [0.4, 0.5) is 4.79 Å². The van der Waals surface area contributed by atoms with Gasteiger partial charge in [0.2, 0.25) is 6.10 Å². The van der Waals surface area contributed by atoms with Crippen LogP contribution in [0.15, 0.2) is 48.5 Å². The van der Waals surface area contributed by atoms with E-state index in [0.29, 0.717) is 17.7 Å². The number of ether oxygens (including phenoxy) is 1. The molecular weight excluding hydrogens is 332 g/mol. The van der Waals surface area contributed by atoms with Crippen molar-refractivity contribution in [3.63, 3.8) is 0 Å². The van der Waals surface area contributed by atoms with Crippen LogP contribution in [0.3, 0.4) is 0 Å². The van der Waals surface area contributed by atoms with Crippen LogP contribution in [-0.4, -0.2) is 24.5 Å². The molecule has 2 aromatic carbocycles. The van der Waals surface area contributed by atoms with Crippen molar-refractivity contribution in [1.82, 2.24) is 10.6 Å². The second kappa shape index (κ2) is 8.80. The highest BCUT2D eigenvalue weighted by Gasteiger charge is 2.27. The number of esters is 1. The van der Waals surface area contributed by atoms with Crippen LogP contribution in [0.2, 0.25) is 0 Å². The van der Waals surface area contributed by atoms with Gasteiger partial charge in [0.15, 0.2) is 0 Å². The fourth-order valence-electron chi connectivity index (χ4n) is 2.41. The molecule has 3 amide bonds. The first-order valence-corrected chi connectivity index (χ1v) is 8.34. The van der Waals surface area contributed by atoms with Gasteiger partial charge in [0.1, 0.15) is 0 Å². The minimum Gasteiger partial charge on any atom is -0.444 e. The SMILES string of the molecule is CCNC(=O)NC(=O)[C@@H](OC(=O)c1cc(C)ccc1C)c1ccccc1. The number of carbonyl (C=O) groups is 3. The molecule has 26 heavy (non-hydrogen) atoms. The molecule has 0 aliphatic carbocycles. The van der Waals surface area contributed by atoms with E-state index in [1.54, 1.807) is 50.2 Å². The summed E-state index contributed by atoms with van der Waals surface area (Å²) in [7, 11) is 0. The molecule has 0 aliphatic heterocycles. The van der Waals surface area contributed by atoms with E-state index in [2.05, 4.69) is 10.6 Å². The highest BCUT2D eigenvalue weighted by molar-refractivity contribution is 5.99. The molecule has 136 valence electrons. The zero-order chi connectivity index (χ0) is 19.1. The van der Waals surface area contributed by atoms with Crippen molar-refractivity contribution in [2.24, 2.45) is 0 Å². The Hall–Kier alpha value is -3.15. The second-order valence-electron chi connectivity index (χ2n) is 5.86. The lowest BCUT2D eigenvalue weighted by molar-refractivity contribution is -0.129. The summed E-state index contributed by atoms with van der Waals surface area (Å²) in [5.74, 6) is -1.33. The minimum atomic E-state index is -1.23. The highest BCUT2D eigenvalue weighted by atomic mass is 16.5. The Labute approximate surface area is 152 Å². The molecule has 2 aromatic rings. The van der Waals surface area contributed by atoms with Crippen LogP contribution in [0.1, 0.15) is 40.1 Å². The van der Waals surface area contributed by atoms with Crippen molar-refractivity contribution in [1.29, 1.82) is 0 Å². The molecule has 0 aliphatic rings. The largest absolute Gasteiger partial charge is 0.444 e. The quantitative estimate of drug-likeness (QED) is 0.808. The molecule has 0 saturated carbocycles. The van der Waals surface area contributed by atoms with E-state index >= 15 is 0 Å². The van der Waals surface area contributed by atoms with E-state index in [0.717, 1.165) is 11.1 Å². The number of rotatable bonds is 5. The Bertz CT molecular complexity index is 803. The number of hydrogen-bond acceptors (Lipinski definition) is 4. The fourth-order valence-corrected chi connectivity index (χ4v) is 2.41. The third-order valence-corrected chi connectivity index (χ3v) is 3.75. The van der Waals surface area contributed by atoms with Crippen LogP contribution < -0.4 is 10.6 Å². The number of aryl methyl sites for hydroxylation is 2. The first-order chi connectivity index (χ1) is 12.4. The Kier molecular flexibility index (Phi) is 6.49. The lowest BCUT2D eigenvalue weighted by Gasteiger charge is -2.18. The zero-order valence-electron chi connectivity index (χ0n) is 15.0. The maximum absolute atomic E-state index is 12.6. The summed E-state index contributed by atoms with van der Waals surface area (Å²) in [6, 6.07) is 13.4. The normalized spacial score (nSPS) is 11.3. The molecule has 2 rings (SSSR count). The molecule has 0 radical (unpaired) electrons. The van der Waals surface area contributed by atoms with Gasteiger partial charge in [-0.15, -0.1) is 0 Å². The van der Waals surface area contributed by atoms with Gasteiger partial charge in [0.05, 0.1) is 5.56 Å². The molecule has 0 heterocycles. The van der Waals surface area contributed by atoms with Crippen LogP contribution in [0.5, 0.6) is 0 Å². The van der Waals surface area contributed by atoms with Crippen molar-refractivity contribution in [3.8, 4) is 0 Å². The predicted molar refractivity (Wildman–Crippen MR) is 97.7 cm³/mol. The molecule has 0 unspecified atom stereocenters. The third-order valence-electron chi connectivity index (χ3n) is 3.75. The van der Waals surface area contributed by atoms with Gasteiger partial charge in [-0.2, -0.15) is 0 Å². The van der Waals surface area contributed by atoms with E-state index in [-0.39, 0.29) is 0 Å². The molecule has 6 heteroatoms. The van der Waals surface area contributed by atoms with Gasteiger partial charge in [-0.1, -0.05) is 48.0 Å². The van der Waals surface area contributed by atoms with E-state index in [9.17, 15) is 14.4 Å². The summed E-state index contributed by atoms with van der Waals surface area (Å²) >= 11 is 0. The summed E-state index contributed by atoms with van der Waals surface area (Å²) in [6.45, 7) is 5.77. The number of nitrogens with one attached hydrogen (secondary N) is 2. The van der Waals surface area contributed by atoms with Crippen LogP contribution in [-0.2, 0) is 9.53 Å². The van der Waals surface area contributed by atoms with Gasteiger partial charge in [-0.3, -0.25) is 10.1 Å². The van der Waals surface area contributed by atoms with E-state index in [4.69, 9.17) is 4.74 Å². The number of amides is 3. The zero-order valence-corrected chi connectivity index (χ0v) is 15.0. The number of benzene rings is 2. The molecule has 0 spiro atoms. The van der Waals surface area contributed by atoms with Crippen LogP contribution >= 0.6 is 0 Å². The summed E-state index contributed by atoms with van der Waals surface area (Å²) in [4.78, 5) is 36.8. The Morgan fingerprint density at radius 2 is 1.73 bits per heavy atom. The minimum absolute atomic E-state index is 0.372. The average Bonchev–Trinajstić information content (AvgIpc) is 2.62. The lowest BCUT2D eigenvalue weighted by atomic mass is 10.1. The molecular formula is C20H22N2O4. The number of urea groups is 1. The van der Waals surface area contributed by atoms with Gasteiger partial charge < -0.3 is 10.1 Å². The maximum atomic E-state index is 12.6. The average molecular weight is 354 g/mol. The monoisotopic (exact) mass is 354 g/mol. The first kappa shape index (κ1) is 19.2. The fraction of sp³-hybridized carbons (Fsp3) is 0.250. The molecule has 0 bridgehead atoms. The van der Waals surface area contributed by atoms with Crippen LogP contribution in [0.25, 0.3) is 0 Å². The number of imide groups is 1. The molecule has 2 N–H and O–H groups in total. The van der Waals surface area contributed by atoms with E-state index in [1.165, 1.54) is 0 Å². The van der Waals surface area contributed by atoms with Crippen molar-refractivity contribution in [2.75, 3.05) is 6.54 Å². The highest BCUT2D eigenvalue weighted by Crippen LogP contribution is 2.21. The number of carbonyl (C=O) groups excluding carboxylic acids is 3. The van der Waals surface area contributed by atoms with E-state index in [1.807, 2.05) is 19.1 Å². The van der Waals surface area contributed by atoms with Crippen molar-refractivity contribution >= 4 is 17.9 Å².